The highest BCUT2D eigenvalue weighted by Gasteiger charge is 2.21. The standard InChI is InChI=1S/C23H24BrN3O4.C2H6/c1-14-5-7-15(8-6-14)11-26-21(29)18-10-16-9-17(24)12-25-20(16)27(22(18)30)13-19(28)31-23(2,3)4;1-2/h5-10,12H,11,13H2,1-4H3,(H,26,29);1-2H3. The Morgan fingerprint density at radius 3 is 2.36 bits per heavy atom. The Bertz CT molecular complexity index is 1200. The van der Waals surface area contributed by atoms with Crippen LogP contribution in [0.5, 0.6) is 0 Å². The minimum Gasteiger partial charge on any atom is -0.459 e. The highest BCUT2D eigenvalue weighted by molar-refractivity contribution is 9.10. The van der Waals surface area contributed by atoms with Crippen LogP contribution in [0.25, 0.3) is 11.0 Å². The van der Waals surface area contributed by atoms with Crippen molar-refractivity contribution >= 4 is 38.8 Å². The lowest BCUT2D eigenvalue weighted by atomic mass is 10.1. The molecule has 1 N–H and O–H groups in total. The van der Waals surface area contributed by atoms with E-state index in [-0.39, 0.29) is 18.7 Å². The molecule has 1 aromatic carbocycles. The summed E-state index contributed by atoms with van der Waals surface area (Å²) in [6, 6.07) is 11.0. The van der Waals surface area contributed by atoms with Crippen molar-refractivity contribution in [3.05, 3.63) is 74.1 Å². The zero-order valence-corrected chi connectivity index (χ0v) is 21.4. The van der Waals surface area contributed by atoms with Crippen LogP contribution in [0.1, 0.15) is 56.1 Å². The van der Waals surface area contributed by atoms with Crippen LogP contribution >= 0.6 is 15.9 Å². The zero-order valence-electron chi connectivity index (χ0n) is 19.9. The number of nitrogens with one attached hydrogen (secondary N) is 1. The molecule has 0 saturated carbocycles. The molecular weight excluding hydrogens is 486 g/mol. The van der Waals surface area contributed by atoms with Crippen LogP contribution < -0.4 is 10.9 Å². The number of benzene rings is 1. The third kappa shape index (κ3) is 7.25. The van der Waals surface area contributed by atoms with Crippen LogP contribution in [0.3, 0.4) is 0 Å². The van der Waals surface area contributed by atoms with E-state index in [0.717, 1.165) is 11.1 Å². The highest BCUT2D eigenvalue weighted by Crippen LogP contribution is 2.18. The SMILES string of the molecule is CC.Cc1ccc(CNC(=O)c2cc3cc(Br)cnc3n(CC(=O)OC(C)(C)C)c2=O)cc1. The van der Waals surface area contributed by atoms with Crippen molar-refractivity contribution in [1.82, 2.24) is 14.9 Å². The van der Waals surface area contributed by atoms with Gasteiger partial charge in [0.15, 0.2) is 0 Å². The summed E-state index contributed by atoms with van der Waals surface area (Å²) >= 11 is 3.35. The van der Waals surface area contributed by atoms with Gasteiger partial charge in [0.05, 0.1) is 0 Å². The van der Waals surface area contributed by atoms with Gasteiger partial charge >= 0.3 is 5.97 Å². The van der Waals surface area contributed by atoms with E-state index >= 15 is 0 Å². The van der Waals surface area contributed by atoms with E-state index in [1.807, 2.05) is 45.0 Å². The van der Waals surface area contributed by atoms with Crippen LogP contribution in [-0.4, -0.2) is 27.0 Å². The first-order valence-corrected chi connectivity index (χ1v) is 11.6. The lowest BCUT2D eigenvalue weighted by molar-refractivity contribution is -0.155. The number of halogens is 1. The maximum atomic E-state index is 13.1. The van der Waals surface area contributed by atoms with Gasteiger partial charge in [0.1, 0.15) is 23.4 Å². The number of hydrogen-bond donors (Lipinski definition) is 1. The fourth-order valence-electron chi connectivity index (χ4n) is 3.03. The molecule has 8 heteroatoms. The lowest BCUT2D eigenvalue weighted by Crippen LogP contribution is -2.36. The van der Waals surface area contributed by atoms with E-state index < -0.39 is 23.0 Å². The number of carbonyl (C=O) groups excluding carboxylic acids is 2. The van der Waals surface area contributed by atoms with Crippen molar-refractivity contribution < 1.29 is 14.3 Å². The molecule has 0 fully saturated rings. The first-order chi connectivity index (χ1) is 15.5. The Balaban J connectivity index is 0.00000187. The zero-order chi connectivity index (χ0) is 24.8. The smallest absolute Gasteiger partial charge is 0.326 e. The van der Waals surface area contributed by atoms with Crippen molar-refractivity contribution in [1.29, 1.82) is 0 Å². The molecule has 3 rings (SSSR count). The van der Waals surface area contributed by atoms with Gasteiger partial charge in [-0.2, -0.15) is 0 Å². The van der Waals surface area contributed by atoms with Crippen molar-refractivity contribution in [3.8, 4) is 0 Å². The summed E-state index contributed by atoms with van der Waals surface area (Å²) in [4.78, 5) is 42.6. The highest BCUT2D eigenvalue weighted by atomic mass is 79.9. The van der Waals surface area contributed by atoms with E-state index in [0.29, 0.717) is 15.5 Å². The van der Waals surface area contributed by atoms with Gasteiger partial charge in [-0.05, 0) is 61.3 Å². The first kappa shape index (κ1) is 26.3. The molecular formula is C25H30BrN3O4. The van der Waals surface area contributed by atoms with Crippen molar-refractivity contribution in [2.24, 2.45) is 0 Å². The maximum absolute atomic E-state index is 13.1. The Morgan fingerprint density at radius 2 is 1.76 bits per heavy atom. The van der Waals surface area contributed by atoms with Crippen molar-refractivity contribution in [3.63, 3.8) is 0 Å². The largest absolute Gasteiger partial charge is 0.459 e. The molecule has 33 heavy (non-hydrogen) atoms. The van der Waals surface area contributed by atoms with Gasteiger partial charge in [-0.15, -0.1) is 0 Å². The summed E-state index contributed by atoms with van der Waals surface area (Å²) in [6.07, 6.45) is 1.53. The topological polar surface area (TPSA) is 90.3 Å². The molecule has 7 nitrogen and oxygen atoms in total. The third-order valence-electron chi connectivity index (χ3n) is 4.42. The molecule has 1 amide bonds. The predicted molar refractivity (Wildman–Crippen MR) is 133 cm³/mol. The van der Waals surface area contributed by atoms with Gasteiger partial charge in [0.25, 0.3) is 11.5 Å². The number of carbonyl (C=O) groups is 2. The quantitative estimate of drug-likeness (QED) is 0.494. The van der Waals surface area contributed by atoms with E-state index in [9.17, 15) is 14.4 Å². The van der Waals surface area contributed by atoms with E-state index in [1.54, 1.807) is 26.8 Å². The predicted octanol–water partition coefficient (Wildman–Crippen LogP) is 4.77. The molecule has 2 heterocycles. The minimum atomic E-state index is -0.698. The Kier molecular flexibility index (Phi) is 8.93. The number of aryl methyl sites for hydroxylation is 1. The first-order valence-electron chi connectivity index (χ1n) is 10.8. The second kappa shape index (κ2) is 11.2. The molecule has 0 aliphatic carbocycles. The Morgan fingerprint density at radius 1 is 1.12 bits per heavy atom. The third-order valence-corrected chi connectivity index (χ3v) is 4.85. The number of ether oxygens (including phenoxy) is 1. The number of aromatic nitrogens is 2. The molecule has 0 aliphatic heterocycles. The molecule has 0 saturated heterocycles. The molecule has 0 aliphatic rings. The number of pyridine rings is 2. The second-order valence-electron chi connectivity index (χ2n) is 8.27. The number of amides is 1. The van der Waals surface area contributed by atoms with Gasteiger partial charge in [-0.3, -0.25) is 19.0 Å². The molecule has 0 unspecified atom stereocenters. The van der Waals surface area contributed by atoms with E-state index in [4.69, 9.17) is 4.74 Å². The minimum absolute atomic E-state index is 0.0666. The summed E-state index contributed by atoms with van der Waals surface area (Å²) in [5.41, 5.74) is 0.966. The normalized spacial score (nSPS) is 10.9. The number of hydrogen-bond acceptors (Lipinski definition) is 5. The van der Waals surface area contributed by atoms with Gasteiger partial charge in [0, 0.05) is 22.6 Å². The second-order valence-corrected chi connectivity index (χ2v) is 9.19. The Labute approximate surface area is 202 Å². The molecule has 0 radical (unpaired) electrons. The molecule has 0 bridgehead atoms. The molecule has 3 aromatic rings. The van der Waals surface area contributed by atoms with Crippen LogP contribution in [0.15, 0.2) is 51.9 Å². The average Bonchev–Trinajstić information content (AvgIpc) is 2.75. The summed E-state index contributed by atoms with van der Waals surface area (Å²) in [6.45, 7) is 11.2. The monoisotopic (exact) mass is 515 g/mol. The van der Waals surface area contributed by atoms with Crippen LogP contribution in [0.2, 0.25) is 0 Å². The van der Waals surface area contributed by atoms with Gasteiger partial charge in [0.2, 0.25) is 0 Å². The van der Waals surface area contributed by atoms with E-state index in [1.165, 1.54) is 16.8 Å². The number of esters is 1. The van der Waals surface area contributed by atoms with Gasteiger partial charge in [-0.1, -0.05) is 43.7 Å². The summed E-state index contributed by atoms with van der Waals surface area (Å²) in [5, 5.41) is 3.33. The summed E-state index contributed by atoms with van der Waals surface area (Å²) < 4.78 is 7.21. The molecule has 2 aromatic heterocycles. The number of nitrogens with zero attached hydrogens (tertiary/aromatic N) is 2. The molecule has 0 spiro atoms. The lowest BCUT2D eigenvalue weighted by Gasteiger charge is -2.20. The number of fused-ring (bicyclic) bond motifs is 1. The van der Waals surface area contributed by atoms with Gasteiger partial charge < -0.3 is 10.1 Å². The summed E-state index contributed by atoms with van der Waals surface area (Å²) in [7, 11) is 0. The molecule has 176 valence electrons. The van der Waals surface area contributed by atoms with E-state index in [2.05, 4.69) is 26.2 Å². The fraction of sp³-hybridized carbons (Fsp3) is 0.360. The summed E-state index contributed by atoms with van der Waals surface area (Å²) in [5.74, 6) is -1.11. The molecule has 0 atom stereocenters. The van der Waals surface area contributed by atoms with Crippen LogP contribution in [0.4, 0.5) is 0 Å². The Hall–Kier alpha value is -3.00. The average molecular weight is 516 g/mol. The van der Waals surface area contributed by atoms with Crippen molar-refractivity contribution in [2.75, 3.05) is 0 Å². The fourth-order valence-corrected chi connectivity index (χ4v) is 3.38. The van der Waals surface area contributed by atoms with Gasteiger partial charge in [-0.25, -0.2) is 4.98 Å². The van der Waals surface area contributed by atoms with Crippen LogP contribution in [0, 0.1) is 6.92 Å². The maximum Gasteiger partial charge on any atom is 0.326 e. The van der Waals surface area contributed by atoms with Crippen molar-refractivity contribution in [2.45, 2.75) is 60.2 Å². The number of rotatable bonds is 5. The van der Waals surface area contributed by atoms with Crippen LogP contribution in [-0.2, 0) is 22.6 Å².